The predicted molar refractivity (Wildman–Crippen MR) is 146 cm³/mol. The first-order valence-corrected chi connectivity index (χ1v) is 12.0. The Kier molecular flexibility index (Phi) is 6.34. The van der Waals surface area contributed by atoms with Crippen LogP contribution >= 0.6 is 0 Å². The number of hydrogen-bond donors (Lipinski definition) is 1. The van der Waals surface area contributed by atoms with Crippen molar-refractivity contribution in [3.8, 4) is 22.8 Å². The summed E-state index contributed by atoms with van der Waals surface area (Å²) in [5.74, 6) is 0.339. The molecule has 0 aliphatic heterocycles. The highest BCUT2D eigenvalue weighted by Gasteiger charge is 2.20. The van der Waals surface area contributed by atoms with Crippen LogP contribution in [0.3, 0.4) is 0 Å². The van der Waals surface area contributed by atoms with Gasteiger partial charge in [-0.1, -0.05) is 35.9 Å². The van der Waals surface area contributed by atoms with Crippen molar-refractivity contribution in [2.75, 3.05) is 5.32 Å². The fourth-order valence-corrected chi connectivity index (χ4v) is 4.40. The summed E-state index contributed by atoms with van der Waals surface area (Å²) in [4.78, 5) is 29.5. The SMILES string of the molecule is Cc1ccc(Oc2cc(NC(=O)c3cc(-c4c(C)nn(C)c4C)nc4ccccc34)cc([N+](=O)[O-])c2)cc1. The second kappa shape index (κ2) is 9.78. The summed E-state index contributed by atoms with van der Waals surface area (Å²) in [6, 6.07) is 20.6. The number of nitrogens with zero attached hydrogens (tertiary/aromatic N) is 4. The van der Waals surface area contributed by atoms with E-state index in [1.807, 2.05) is 64.2 Å². The van der Waals surface area contributed by atoms with E-state index in [-0.39, 0.29) is 17.1 Å². The van der Waals surface area contributed by atoms with E-state index in [4.69, 9.17) is 9.72 Å². The molecular weight excluding hydrogens is 482 g/mol. The standard InChI is InChI=1S/C29H25N5O4/c1-17-9-11-22(12-10-17)38-23-14-20(13-21(15-23)34(36)37)30-29(35)25-16-27(28-18(2)32-33(4)19(28)3)31-26-8-6-5-7-24(25)26/h5-16H,1-4H3,(H,30,35). The minimum atomic E-state index is -0.522. The number of nitro benzene ring substituents is 1. The van der Waals surface area contributed by atoms with E-state index in [9.17, 15) is 14.9 Å². The molecule has 0 aliphatic rings. The number of nitro groups is 1. The molecule has 0 bridgehead atoms. The Hall–Kier alpha value is -5.05. The molecular formula is C29H25N5O4. The van der Waals surface area contributed by atoms with Crippen molar-refractivity contribution in [1.82, 2.24) is 14.8 Å². The Bertz CT molecular complexity index is 1710. The number of amides is 1. The van der Waals surface area contributed by atoms with Gasteiger partial charge in [0.15, 0.2) is 0 Å². The third kappa shape index (κ3) is 4.81. The van der Waals surface area contributed by atoms with Gasteiger partial charge in [0.1, 0.15) is 11.5 Å². The molecule has 5 rings (SSSR count). The van der Waals surface area contributed by atoms with Gasteiger partial charge in [-0.05, 0) is 45.0 Å². The van der Waals surface area contributed by atoms with Gasteiger partial charge in [-0.15, -0.1) is 0 Å². The topological polar surface area (TPSA) is 112 Å². The number of benzene rings is 3. The first-order valence-electron chi connectivity index (χ1n) is 12.0. The largest absolute Gasteiger partial charge is 0.457 e. The molecule has 190 valence electrons. The number of nitrogens with one attached hydrogen (secondary N) is 1. The molecule has 9 heteroatoms. The third-order valence-electron chi connectivity index (χ3n) is 6.34. The van der Waals surface area contributed by atoms with Gasteiger partial charge in [-0.25, -0.2) is 4.98 Å². The molecule has 0 unspecified atom stereocenters. The number of carbonyl (C=O) groups is 1. The third-order valence-corrected chi connectivity index (χ3v) is 6.34. The lowest BCUT2D eigenvalue weighted by Gasteiger charge is -2.12. The molecule has 2 aromatic heterocycles. The summed E-state index contributed by atoms with van der Waals surface area (Å²) in [5.41, 5.74) is 5.35. The number of non-ortho nitro benzene ring substituents is 1. The highest BCUT2D eigenvalue weighted by Crippen LogP contribution is 2.32. The first-order chi connectivity index (χ1) is 18.2. The van der Waals surface area contributed by atoms with E-state index in [2.05, 4.69) is 10.4 Å². The van der Waals surface area contributed by atoms with Crippen LogP contribution in [0.2, 0.25) is 0 Å². The molecule has 0 fully saturated rings. The molecule has 0 saturated heterocycles. The van der Waals surface area contributed by atoms with Crippen LogP contribution in [0.25, 0.3) is 22.2 Å². The Morgan fingerprint density at radius 2 is 1.71 bits per heavy atom. The number of para-hydroxylation sites is 1. The molecule has 0 aliphatic carbocycles. The minimum Gasteiger partial charge on any atom is -0.457 e. The van der Waals surface area contributed by atoms with Gasteiger partial charge in [0.2, 0.25) is 0 Å². The number of rotatable bonds is 6. The summed E-state index contributed by atoms with van der Waals surface area (Å²) in [7, 11) is 1.86. The number of hydrogen-bond acceptors (Lipinski definition) is 6. The number of anilines is 1. The molecule has 0 spiro atoms. The second-order valence-electron chi connectivity index (χ2n) is 9.08. The number of fused-ring (bicyclic) bond motifs is 1. The Balaban J connectivity index is 1.55. The predicted octanol–water partition coefficient (Wildman–Crippen LogP) is 6.51. The van der Waals surface area contributed by atoms with E-state index >= 15 is 0 Å². The molecule has 5 aromatic rings. The number of ether oxygens (including phenoxy) is 1. The smallest absolute Gasteiger partial charge is 0.275 e. The lowest BCUT2D eigenvalue weighted by atomic mass is 10.0. The van der Waals surface area contributed by atoms with E-state index in [1.165, 1.54) is 12.1 Å². The number of aromatic nitrogens is 3. The Morgan fingerprint density at radius 3 is 2.39 bits per heavy atom. The van der Waals surface area contributed by atoms with Gasteiger partial charge in [-0.3, -0.25) is 19.6 Å². The Labute approximate surface area is 218 Å². The Morgan fingerprint density at radius 1 is 0.974 bits per heavy atom. The van der Waals surface area contributed by atoms with Crippen LogP contribution in [0.15, 0.2) is 72.8 Å². The van der Waals surface area contributed by atoms with Crippen molar-refractivity contribution in [3.05, 3.63) is 105 Å². The minimum absolute atomic E-state index is 0.202. The monoisotopic (exact) mass is 507 g/mol. The molecule has 1 amide bonds. The van der Waals surface area contributed by atoms with Gasteiger partial charge < -0.3 is 10.1 Å². The van der Waals surface area contributed by atoms with Crippen molar-refractivity contribution < 1.29 is 14.5 Å². The van der Waals surface area contributed by atoms with Gasteiger partial charge >= 0.3 is 0 Å². The maximum Gasteiger partial charge on any atom is 0.275 e. The quantitative estimate of drug-likeness (QED) is 0.207. The lowest BCUT2D eigenvalue weighted by molar-refractivity contribution is -0.384. The van der Waals surface area contributed by atoms with Crippen LogP contribution in [0.4, 0.5) is 11.4 Å². The summed E-state index contributed by atoms with van der Waals surface area (Å²) in [6.45, 7) is 5.80. The first kappa shape index (κ1) is 24.6. The van der Waals surface area contributed by atoms with Gasteiger partial charge in [-0.2, -0.15) is 5.10 Å². The van der Waals surface area contributed by atoms with Gasteiger partial charge in [0.05, 0.1) is 39.1 Å². The van der Waals surface area contributed by atoms with Crippen molar-refractivity contribution >= 4 is 28.2 Å². The normalized spacial score (nSPS) is 10.9. The van der Waals surface area contributed by atoms with Crippen LogP contribution in [0.1, 0.15) is 27.3 Å². The fraction of sp³-hybridized carbons (Fsp3) is 0.138. The van der Waals surface area contributed by atoms with Gasteiger partial charge in [0.25, 0.3) is 11.6 Å². The molecule has 0 saturated carbocycles. The second-order valence-corrected chi connectivity index (χ2v) is 9.08. The number of carbonyl (C=O) groups excluding carboxylic acids is 1. The van der Waals surface area contributed by atoms with Crippen LogP contribution in [-0.2, 0) is 7.05 Å². The highest BCUT2D eigenvalue weighted by atomic mass is 16.6. The van der Waals surface area contributed by atoms with E-state index in [1.54, 1.807) is 28.9 Å². The van der Waals surface area contributed by atoms with Crippen LogP contribution in [0.5, 0.6) is 11.5 Å². The molecule has 0 atom stereocenters. The van der Waals surface area contributed by atoms with Crippen molar-refractivity contribution in [2.24, 2.45) is 7.05 Å². The molecule has 1 N–H and O–H groups in total. The van der Waals surface area contributed by atoms with Gasteiger partial charge in [0, 0.05) is 35.8 Å². The molecule has 9 nitrogen and oxygen atoms in total. The van der Waals surface area contributed by atoms with Crippen molar-refractivity contribution in [2.45, 2.75) is 20.8 Å². The van der Waals surface area contributed by atoms with Crippen LogP contribution in [0, 0.1) is 30.9 Å². The molecule has 3 aromatic carbocycles. The van der Waals surface area contributed by atoms with Crippen molar-refractivity contribution in [3.63, 3.8) is 0 Å². The zero-order valence-electron chi connectivity index (χ0n) is 21.4. The number of pyridine rings is 1. The van der Waals surface area contributed by atoms with E-state index < -0.39 is 10.8 Å². The summed E-state index contributed by atoms with van der Waals surface area (Å²) in [6.07, 6.45) is 0. The van der Waals surface area contributed by atoms with Crippen LogP contribution in [-0.4, -0.2) is 25.6 Å². The van der Waals surface area contributed by atoms with Crippen molar-refractivity contribution in [1.29, 1.82) is 0 Å². The average Bonchev–Trinajstić information content (AvgIpc) is 3.15. The zero-order valence-corrected chi connectivity index (χ0v) is 21.4. The average molecular weight is 508 g/mol. The fourth-order valence-electron chi connectivity index (χ4n) is 4.40. The molecule has 0 radical (unpaired) electrons. The summed E-state index contributed by atoms with van der Waals surface area (Å²) >= 11 is 0. The highest BCUT2D eigenvalue weighted by molar-refractivity contribution is 6.13. The van der Waals surface area contributed by atoms with E-state index in [0.717, 1.165) is 22.5 Å². The summed E-state index contributed by atoms with van der Waals surface area (Å²) in [5, 5.41) is 19.6. The van der Waals surface area contributed by atoms with Crippen LogP contribution < -0.4 is 10.1 Å². The maximum absolute atomic E-state index is 13.6. The van der Waals surface area contributed by atoms with E-state index in [0.29, 0.717) is 27.9 Å². The zero-order chi connectivity index (χ0) is 27.0. The maximum atomic E-state index is 13.6. The number of aryl methyl sites for hydroxylation is 3. The molecule has 2 heterocycles. The molecule has 38 heavy (non-hydrogen) atoms. The lowest BCUT2D eigenvalue weighted by Crippen LogP contribution is -2.13. The summed E-state index contributed by atoms with van der Waals surface area (Å²) < 4.78 is 7.63.